The highest BCUT2D eigenvalue weighted by molar-refractivity contribution is 9.08. The Morgan fingerprint density at radius 3 is 2.82 bits per heavy atom. The van der Waals surface area contributed by atoms with Gasteiger partial charge in [-0.25, -0.2) is 0 Å². The topological polar surface area (TPSA) is 32.3 Å². The van der Waals surface area contributed by atoms with Gasteiger partial charge in [-0.05, 0) is 44.8 Å². The highest BCUT2D eigenvalue weighted by Crippen LogP contribution is 2.08. The van der Waals surface area contributed by atoms with E-state index in [4.69, 9.17) is 0 Å². The number of alkyl halides is 1. The molecule has 4 heteroatoms. The van der Waals surface area contributed by atoms with Crippen molar-refractivity contribution in [1.29, 1.82) is 0 Å². The first-order valence-electron chi connectivity index (χ1n) is 5.71. The summed E-state index contributed by atoms with van der Waals surface area (Å²) in [6, 6.07) is 7.66. The van der Waals surface area contributed by atoms with Gasteiger partial charge in [-0.15, -0.1) is 0 Å². The fraction of sp³-hybridized carbons (Fsp3) is 0.462. The molecule has 0 bridgehead atoms. The minimum Gasteiger partial charge on any atom is -0.352 e. The second kappa shape index (κ2) is 7.45. The van der Waals surface area contributed by atoms with Gasteiger partial charge in [0.15, 0.2) is 0 Å². The predicted molar refractivity (Wildman–Crippen MR) is 74.6 cm³/mol. The van der Waals surface area contributed by atoms with Gasteiger partial charge in [-0.2, -0.15) is 0 Å². The molecule has 1 N–H and O–H groups in total. The van der Waals surface area contributed by atoms with Gasteiger partial charge in [-0.3, -0.25) is 4.79 Å². The van der Waals surface area contributed by atoms with E-state index in [9.17, 15) is 4.79 Å². The van der Waals surface area contributed by atoms with Crippen LogP contribution in [0.15, 0.2) is 24.3 Å². The van der Waals surface area contributed by atoms with E-state index in [1.165, 1.54) is 0 Å². The van der Waals surface area contributed by atoms with Crippen molar-refractivity contribution in [3.63, 3.8) is 0 Å². The molecular formula is C13H19BrN2O. The van der Waals surface area contributed by atoms with Crippen molar-refractivity contribution in [2.45, 2.75) is 11.8 Å². The van der Waals surface area contributed by atoms with Crippen LogP contribution in [0, 0.1) is 0 Å². The maximum Gasteiger partial charge on any atom is 0.251 e. The second-order valence-electron chi connectivity index (χ2n) is 4.25. The monoisotopic (exact) mass is 298 g/mol. The van der Waals surface area contributed by atoms with E-state index in [0.717, 1.165) is 36.0 Å². The molecule has 94 valence electrons. The Bertz CT molecular complexity index is 366. The van der Waals surface area contributed by atoms with E-state index in [1.807, 2.05) is 38.4 Å². The number of nitrogens with one attached hydrogen (secondary N) is 1. The van der Waals surface area contributed by atoms with Gasteiger partial charge in [-0.1, -0.05) is 28.1 Å². The normalized spacial score (nSPS) is 10.6. The number of benzene rings is 1. The number of nitrogens with zero attached hydrogens (tertiary/aromatic N) is 1. The summed E-state index contributed by atoms with van der Waals surface area (Å²) < 4.78 is 0. The summed E-state index contributed by atoms with van der Waals surface area (Å²) in [5, 5.41) is 3.70. The highest BCUT2D eigenvalue weighted by atomic mass is 79.9. The lowest BCUT2D eigenvalue weighted by molar-refractivity contribution is 0.0952. The van der Waals surface area contributed by atoms with Crippen molar-refractivity contribution in [3.8, 4) is 0 Å². The maximum atomic E-state index is 11.8. The van der Waals surface area contributed by atoms with Crippen LogP contribution in [0.1, 0.15) is 22.3 Å². The van der Waals surface area contributed by atoms with Crippen molar-refractivity contribution in [1.82, 2.24) is 10.2 Å². The first-order valence-corrected chi connectivity index (χ1v) is 6.83. The van der Waals surface area contributed by atoms with Gasteiger partial charge in [0.2, 0.25) is 0 Å². The van der Waals surface area contributed by atoms with E-state index in [1.54, 1.807) is 0 Å². The number of amides is 1. The van der Waals surface area contributed by atoms with Crippen LogP contribution >= 0.6 is 15.9 Å². The van der Waals surface area contributed by atoms with Gasteiger partial charge < -0.3 is 10.2 Å². The van der Waals surface area contributed by atoms with Crippen LogP contribution in [0.4, 0.5) is 0 Å². The Kier molecular flexibility index (Phi) is 6.22. The van der Waals surface area contributed by atoms with Gasteiger partial charge in [0, 0.05) is 17.4 Å². The Hall–Kier alpha value is -0.870. The van der Waals surface area contributed by atoms with Gasteiger partial charge in [0.25, 0.3) is 5.91 Å². The molecule has 0 aliphatic carbocycles. The standard InChI is InChI=1S/C13H19BrN2O/c1-16(2)8-4-7-15-13(17)12-6-3-5-11(9-12)10-14/h3,5-6,9H,4,7-8,10H2,1-2H3,(H,15,17). The summed E-state index contributed by atoms with van der Waals surface area (Å²) in [5.41, 5.74) is 1.85. The lowest BCUT2D eigenvalue weighted by atomic mass is 10.1. The third-order valence-electron chi connectivity index (χ3n) is 2.41. The van der Waals surface area contributed by atoms with Crippen LogP contribution < -0.4 is 5.32 Å². The third kappa shape index (κ3) is 5.33. The molecule has 1 aromatic rings. The van der Waals surface area contributed by atoms with Crippen LogP contribution in [-0.2, 0) is 5.33 Å². The molecule has 0 fully saturated rings. The van der Waals surface area contributed by atoms with Crippen molar-refractivity contribution >= 4 is 21.8 Å². The lowest BCUT2D eigenvalue weighted by Gasteiger charge is -2.10. The van der Waals surface area contributed by atoms with Gasteiger partial charge in [0.1, 0.15) is 0 Å². The second-order valence-corrected chi connectivity index (χ2v) is 4.81. The summed E-state index contributed by atoms with van der Waals surface area (Å²) in [6.07, 6.45) is 0.969. The first-order chi connectivity index (χ1) is 8.13. The molecule has 1 amide bonds. The molecule has 0 radical (unpaired) electrons. The Morgan fingerprint density at radius 1 is 1.41 bits per heavy atom. The summed E-state index contributed by atoms with van der Waals surface area (Å²) in [5.74, 6) is 0.00607. The minimum absolute atomic E-state index is 0.00607. The van der Waals surface area contributed by atoms with Crippen LogP contribution in [0.5, 0.6) is 0 Å². The Balaban J connectivity index is 2.41. The predicted octanol–water partition coefficient (Wildman–Crippen LogP) is 2.26. The van der Waals surface area contributed by atoms with Gasteiger partial charge in [0.05, 0.1) is 0 Å². The van der Waals surface area contributed by atoms with Crippen LogP contribution in [-0.4, -0.2) is 38.0 Å². The average Bonchev–Trinajstić information content (AvgIpc) is 2.34. The Morgan fingerprint density at radius 2 is 2.18 bits per heavy atom. The first kappa shape index (κ1) is 14.2. The molecule has 1 aromatic carbocycles. The maximum absolute atomic E-state index is 11.8. The van der Waals surface area contributed by atoms with Crippen molar-refractivity contribution < 1.29 is 4.79 Å². The van der Waals surface area contributed by atoms with E-state index in [0.29, 0.717) is 0 Å². The lowest BCUT2D eigenvalue weighted by Crippen LogP contribution is -2.27. The number of carbonyl (C=O) groups is 1. The molecule has 0 aliphatic heterocycles. The Labute approximate surface area is 111 Å². The molecule has 1 rings (SSSR count). The summed E-state index contributed by atoms with van der Waals surface area (Å²) >= 11 is 3.38. The molecule has 0 aliphatic rings. The number of hydrogen-bond acceptors (Lipinski definition) is 2. The van der Waals surface area contributed by atoms with E-state index in [2.05, 4.69) is 26.1 Å². The number of carbonyl (C=O) groups excluding carboxylic acids is 1. The third-order valence-corrected chi connectivity index (χ3v) is 3.06. The summed E-state index contributed by atoms with van der Waals surface area (Å²) in [4.78, 5) is 13.9. The smallest absolute Gasteiger partial charge is 0.251 e. The molecule has 3 nitrogen and oxygen atoms in total. The molecule has 0 heterocycles. The molecule has 0 spiro atoms. The SMILES string of the molecule is CN(C)CCCNC(=O)c1cccc(CBr)c1. The van der Waals surface area contributed by atoms with E-state index < -0.39 is 0 Å². The zero-order chi connectivity index (χ0) is 12.7. The van der Waals surface area contributed by atoms with E-state index >= 15 is 0 Å². The molecular weight excluding hydrogens is 280 g/mol. The largest absolute Gasteiger partial charge is 0.352 e. The average molecular weight is 299 g/mol. The fourth-order valence-electron chi connectivity index (χ4n) is 1.49. The van der Waals surface area contributed by atoms with E-state index in [-0.39, 0.29) is 5.91 Å². The molecule has 0 saturated carbocycles. The molecule has 17 heavy (non-hydrogen) atoms. The molecule has 0 aromatic heterocycles. The van der Waals surface area contributed by atoms with Crippen LogP contribution in [0.25, 0.3) is 0 Å². The summed E-state index contributed by atoms with van der Waals surface area (Å²) in [7, 11) is 4.06. The number of rotatable bonds is 6. The van der Waals surface area contributed by atoms with Crippen molar-refractivity contribution in [3.05, 3.63) is 35.4 Å². The zero-order valence-corrected chi connectivity index (χ0v) is 12.0. The zero-order valence-electron chi connectivity index (χ0n) is 10.4. The van der Waals surface area contributed by atoms with Crippen LogP contribution in [0.2, 0.25) is 0 Å². The van der Waals surface area contributed by atoms with Crippen molar-refractivity contribution in [2.24, 2.45) is 0 Å². The van der Waals surface area contributed by atoms with Crippen molar-refractivity contribution in [2.75, 3.05) is 27.2 Å². The number of hydrogen-bond donors (Lipinski definition) is 1. The summed E-state index contributed by atoms with van der Waals surface area (Å²) in [6.45, 7) is 1.71. The van der Waals surface area contributed by atoms with Crippen LogP contribution in [0.3, 0.4) is 0 Å². The number of halogens is 1. The fourth-order valence-corrected chi connectivity index (χ4v) is 1.84. The highest BCUT2D eigenvalue weighted by Gasteiger charge is 2.04. The molecule has 0 saturated heterocycles. The quantitative estimate of drug-likeness (QED) is 0.645. The molecule has 0 unspecified atom stereocenters. The van der Waals surface area contributed by atoms with Gasteiger partial charge >= 0.3 is 0 Å². The molecule has 0 atom stereocenters. The minimum atomic E-state index is 0.00607.